The number of rotatable bonds is 1. The smallest absolute Gasteiger partial charge is 0.337 e. The van der Waals surface area contributed by atoms with E-state index in [1.165, 1.54) is 6.20 Å². The van der Waals surface area contributed by atoms with Crippen molar-refractivity contribution in [1.82, 2.24) is 10.3 Å². The minimum Gasteiger partial charge on any atom is -0.478 e. The van der Waals surface area contributed by atoms with Gasteiger partial charge in [0.25, 0.3) is 5.56 Å². The van der Waals surface area contributed by atoms with Crippen LogP contribution in [-0.2, 0) is 13.0 Å². The van der Waals surface area contributed by atoms with Gasteiger partial charge in [0.15, 0.2) is 0 Å². The molecule has 82 valence electrons. The second kappa shape index (κ2) is 4.46. The first-order valence-electron chi connectivity index (χ1n) is 4.37. The highest BCUT2D eigenvalue weighted by molar-refractivity contribution is 5.89. The number of nitrogens with one attached hydrogen (secondary N) is 2. The van der Waals surface area contributed by atoms with Gasteiger partial charge >= 0.3 is 5.97 Å². The number of carboxylic acid groups (broad SMARTS) is 1. The molecule has 1 aromatic heterocycles. The number of carboxylic acids is 1. The standard InChI is InChI=1S/C9H10N2O3.ClH/c12-8-6-3-10-2-1-5(6)7(4-11-8)9(13)14;/h4,10H,1-3H2,(H,11,12)(H,13,14);1H. The Balaban J connectivity index is 0.00000112. The van der Waals surface area contributed by atoms with Gasteiger partial charge in [0.2, 0.25) is 0 Å². The summed E-state index contributed by atoms with van der Waals surface area (Å²) in [4.78, 5) is 24.6. The van der Waals surface area contributed by atoms with Crippen LogP contribution in [0.5, 0.6) is 0 Å². The molecule has 15 heavy (non-hydrogen) atoms. The molecular formula is C9H11ClN2O3. The van der Waals surface area contributed by atoms with Crippen LogP contribution in [-0.4, -0.2) is 22.6 Å². The Labute approximate surface area is 91.9 Å². The molecule has 1 aromatic rings. The molecule has 2 heterocycles. The van der Waals surface area contributed by atoms with E-state index in [2.05, 4.69) is 10.3 Å². The molecule has 0 radical (unpaired) electrons. The first kappa shape index (κ1) is 11.7. The Bertz CT molecular complexity index is 441. The van der Waals surface area contributed by atoms with Crippen LogP contribution < -0.4 is 10.9 Å². The van der Waals surface area contributed by atoms with Crippen molar-refractivity contribution in [3.05, 3.63) is 33.2 Å². The number of hydrogen-bond donors (Lipinski definition) is 3. The molecular weight excluding hydrogens is 220 g/mol. The number of aromatic carboxylic acids is 1. The van der Waals surface area contributed by atoms with Gasteiger partial charge in [0.1, 0.15) is 0 Å². The Morgan fingerprint density at radius 1 is 1.40 bits per heavy atom. The summed E-state index contributed by atoms with van der Waals surface area (Å²) in [5.41, 5.74) is 1.23. The van der Waals surface area contributed by atoms with Crippen molar-refractivity contribution < 1.29 is 9.90 Å². The number of aromatic amines is 1. The highest BCUT2D eigenvalue weighted by Crippen LogP contribution is 2.14. The third-order valence-corrected chi connectivity index (χ3v) is 2.40. The summed E-state index contributed by atoms with van der Waals surface area (Å²) >= 11 is 0. The number of pyridine rings is 1. The summed E-state index contributed by atoms with van der Waals surface area (Å²) in [6, 6.07) is 0. The monoisotopic (exact) mass is 230 g/mol. The average molecular weight is 231 g/mol. The maximum atomic E-state index is 11.4. The molecule has 0 aliphatic carbocycles. The molecule has 0 amide bonds. The second-order valence-electron chi connectivity index (χ2n) is 3.22. The van der Waals surface area contributed by atoms with E-state index in [9.17, 15) is 9.59 Å². The van der Waals surface area contributed by atoms with E-state index in [1.54, 1.807) is 0 Å². The topological polar surface area (TPSA) is 82.2 Å². The zero-order valence-corrected chi connectivity index (χ0v) is 8.69. The summed E-state index contributed by atoms with van der Waals surface area (Å²) in [6.07, 6.45) is 1.87. The van der Waals surface area contributed by atoms with E-state index in [0.717, 1.165) is 6.54 Å². The van der Waals surface area contributed by atoms with E-state index < -0.39 is 5.97 Å². The van der Waals surface area contributed by atoms with Gasteiger partial charge in [-0.3, -0.25) is 4.79 Å². The molecule has 2 rings (SSSR count). The third kappa shape index (κ3) is 2.03. The quantitative estimate of drug-likeness (QED) is 0.641. The maximum absolute atomic E-state index is 11.4. The average Bonchev–Trinajstić information content (AvgIpc) is 2.18. The summed E-state index contributed by atoms with van der Waals surface area (Å²) in [5, 5.41) is 11.9. The Morgan fingerprint density at radius 2 is 2.13 bits per heavy atom. The van der Waals surface area contributed by atoms with Crippen LogP contribution in [0.1, 0.15) is 21.5 Å². The number of aromatic nitrogens is 1. The van der Waals surface area contributed by atoms with Crippen molar-refractivity contribution in [2.75, 3.05) is 6.54 Å². The highest BCUT2D eigenvalue weighted by atomic mass is 35.5. The van der Waals surface area contributed by atoms with Crippen LogP contribution in [0.15, 0.2) is 11.0 Å². The largest absolute Gasteiger partial charge is 0.478 e. The van der Waals surface area contributed by atoms with Crippen LogP contribution in [0, 0.1) is 0 Å². The van der Waals surface area contributed by atoms with Crippen LogP contribution in [0.3, 0.4) is 0 Å². The predicted molar refractivity (Wildman–Crippen MR) is 56.7 cm³/mol. The Kier molecular flexibility index (Phi) is 3.49. The van der Waals surface area contributed by atoms with Gasteiger partial charge in [0.05, 0.1) is 5.56 Å². The Hall–Kier alpha value is -1.33. The normalized spacial score (nSPS) is 13.9. The predicted octanol–water partition coefficient (Wildman–Crippen LogP) is 0.141. The number of hydrogen-bond acceptors (Lipinski definition) is 3. The number of fused-ring (bicyclic) bond motifs is 1. The van der Waals surface area contributed by atoms with Gasteiger partial charge in [-0.2, -0.15) is 0 Å². The van der Waals surface area contributed by atoms with Gasteiger partial charge < -0.3 is 15.4 Å². The Morgan fingerprint density at radius 3 is 2.80 bits per heavy atom. The molecule has 0 unspecified atom stereocenters. The van der Waals surface area contributed by atoms with E-state index in [-0.39, 0.29) is 23.5 Å². The van der Waals surface area contributed by atoms with Crippen molar-refractivity contribution in [2.45, 2.75) is 13.0 Å². The summed E-state index contributed by atoms with van der Waals surface area (Å²) < 4.78 is 0. The van der Waals surface area contributed by atoms with Crippen molar-refractivity contribution in [3.63, 3.8) is 0 Å². The molecule has 1 aliphatic heterocycles. The minimum atomic E-state index is -0.987. The van der Waals surface area contributed by atoms with Gasteiger partial charge in [0, 0.05) is 18.3 Å². The second-order valence-corrected chi connectivity index (χ2v) is 3.22. The van der Waals surface area contributed by atoms with Gasteiger partial charge in [-0.05, 0) is 18.5 Å². The molecule has 1 aliphatic rings. The summed E-state index contributed by atoms with van der Waals surface area (Å²) in [5.74, 6) is -0.987. The third-order valence-electron chi connectivity index (χ3n) is 2.40. The van der Waals surface area contributed by atoms with E-state index in [0.29, 0.717) is 24.1 Å². The first-order valence-corrected chi connectivity index (χ1v) is 4.37. The van der Waals surface area contributed by atoms with Crippen LogP contribution in [0.25, 0.3) is 0 Å². The molecule has 0 atom stereocenters. The van der Waals surface area contributed by atoms with Crippen molar-refractivity contribution in [1.29, 1.82) is 0 Å². The zero-order chi connectivity index (χ0) is 10.1. The molecule has 6 heteroatoms. The lowest BCUT2D eigenvalue weighted by atomic mass is 9.98. The lowest BCUT2D eigenvalue weighted by Gasteiger charge is -2.17. The van der Waals surface area contributed by atoms with Gasteiger partial charge in [-0.15, -0.1) is 12.4 Å². The van der Waals surface area contributed by atoms with Crippen molar-refractivity contribution in [2.24, 2.45) is 0 Å². The SMILES string of the molecule is Cl.O=C(O)c1c[nH]c(=O)c2c1CCNC2. The van der Waals surface area contributed by atoms with E-state index in [4.69, 9.17) is 5.11 Å². The fourth-order valence-corrected chi connectivity index (χ4v) is 1.70. The van der Waals surface area contributed by atoms with E-state index in [1.807, 2.05) is 0 Å². The summed E-state index contributed by atoms with van der Waals surface area (Å²) in [7, 11) is 0. The lowest BCUT2D eigenvalue weighted by molar-refractivity contribution is 0.0695. The molecule has 0 aromatic carbocycles. The van der Waals surface area contributed by atoms with Crippen molar-refractivity contribution in [3.8, 4) is 0 Å². The molecule has 0 saturated heterocycles. The van der Waals surface area contributed by atoms with E-state index >= 15 is 0 Å². The number of H-pyrrole nitrogens is 1. The molecule has 0 bridgehead atoms. The summed E-state index contributed by atoms with van der Waals surface area (Å²) in [6.45, 7) is 1.17. The van der Waals surface area contributed by atoms with Crippen molar-refractivity contribution >= 4 is 18.4 Å². The van der Waals surface area contributed by atoms with Crippen LogP contribution >= 0.6 is 12.4 Å². The first-order chi connectivity index (χ1) is 6.70. The van der Waals surface area contributed by atoms with Crippen LogP contribution in [0.2, 0.25) is 0 Å². The molecule has 0 spiro atoms. The minimum absolute atomic E-state index is 0. The molecule has 3 N–H and O–H groups in total. The van der Waals surface area contributed by atoms with Gasteiger partial charge in [-0.1, -0.05) is 0 Å². The fraction of sp³-hybridized carbons (Fsp3) is 0.333. The molecule has 5 nitrogen and oxygen atoms in total. The highest BCUT2D eigenvalue weighted by Gasteiger charge is 2.19. The zero-order valence-electron chi connectivity index (χ0n) is 7.87. The maximum Gasteiger partial charge on any atom is 0.337 e. The fourth-order valence-electron chi connectivity index (χ4n) is 1.70. The molecule has 0 fully saturated rings. The lowest BCUT2D eigenvalue weighted by Crippen LogP contribution is -2.31. The van der Waals surface area contributed by atoms with Crippen LogP contribution in [0.4, 0.5) is 0 Å². The number of carbonyl (C=O) groups is 1. The number of halogens is 1. The molecule has 0 saturated carbocycles. The van der Waals surface area contributed by atoms with Gasteiger partial charge in [-0.25, -0.2) is 4.79 Å².